The van der Waals surface area contributed by atoms with E-state index in [9.17, 15) is 14.7 Å². The van der Waals surface area contributed by atoms with Gasteiger partial charge in [0.05, 0.1) is 12.9 Å². The first kappa shape index (κ1) is 23.0. The van der Waals surface area contributed by atoms with E-state index in [-0.39, 0.29) is 17.5 Å². The molecule has 8 heteroatoms. The molecule has 2 aromatic carbocycles. The molecule has 2 heterocycles. The minimum Gasteiger partial charge on any atom is -0.493 e. The van der Waals surface area contributed by atoms with Gasteiger partial charge in [0, 0.05) is 29.7 Å². The third-order valence-corrected chi connectivity index (χ3v) is 5.37. The number of benzene rings is 2. The first-order valence-corrected chi connectivity index (χ1v) is 11.1. The molecule has 2 aromatic heterocycles. The number of H-pyrrole nitrogens is 1. The number of aryl methyl sites for hydroxylation is 1. The van der Waals surface area contributed by atoms with Gasteiger partial charge in [0.2, 0.25) is 5.88 Å². The predicted octanol–water partition coefficient (Wildman–Crippen LogP) is 4.66. The maximum atomic E-state index is 12.6. The summed E-state index contributed by atoms with van der Waals surface area (Å²) >= 11 is 0. The minimum absolute atomic E-state index is 0.166. The van der Waals surface area contributed by atoms with Crippen molar-refractivity contribution < 1.29 is 23.5 Å². The molecule has 3 N–H and O–H groups in total. The summed E-state index contributed by atoms with van der Waals surface area (Å²) in [6.45, 7) is 0.864. The SMILES string of the molecule is O=C(NCc1ccccc1OCCCCCc1oc(=O)[nH]c1O)c1ccc(-c2ccco2)cc1. The van der Waals surface area contributed by atoms with Crippen LogP contribution in [0.5, 0.6) is 11.6 Å². The highest BCUT2D eigenvalue weighted by molar-refractivity contribution is 5.94. The van der Waals surface area contributed by atoms with Crippen LogP contribution in [0.15, 0.2) is 80.6 Å². The Morgan fingerprint density at radius 1 is 1.00 bits per heavy atom. The molecule has 0 saturated carbocycles. The summed E-state index contributed by atoms with van der Waals surface area (Å²) in [6, 6.07) is 18.6. The Kier molecular flexibility index (Phi) is 7.49. The van der Waals surface area contributed by atoms with Crippen molar-refractivity contribution in [3.05, 3.63) is 94.4 Å². The second-order valence-corrected chi connectivity index (χ2v) is 7.79. The Balaban J connectivity index is 1.22. The zero-order chi connectivity index (χ0) is 23.8. The average Bonchev–Trinajstić information content (AvgIpc) is 3.50. The lowest BCUT2D eigenvalue weighted by Crippen LogP contribution is -2.23. The Morgan fingerprint density at radius 2 is 1.82 bits per heavy atom. The Morgan fingerprint density at radius 3 is 2.56 bits per heavy atom. The molecule has 0 saturated heterocycles. The fourth-order valence-electron chi connectivity index (χ4n) is 3.57. The summed E-state index contributed by atoms with van der Waals surface area (Å²) in [5.41, 5.74) is 2.37. The van der Waals surface area contributed by atoms with Gasteiger partial charge in [-0.25, -0.2) is 4.79 Å². The molecule has 0 aliphatic carbocycles. The summed E-state index contributed by atoms with van der Waals surface area (Å²) in [5.74, 6) is 0.747. The van der Waals surface area contributed by atoms with E-state index in [4.69, 9.17) is 13.6 Å². The second kappa shape index (κ2) is 11.1. The number of hydrogen-bond acceptors (Lipinski definition) is 6. The largest absolute Gasteiger partial charge is 0.493 e. The first-order valence-electron chi connectivity index (χ1n) is 11.1. The zero-order valence-electron chi connectivity index (χ0n) is 18.6. The summed E-state index contributed by atoms with van der Waals surface area (Å²) in [7, 11) is 0. The highest BCUT2D eigenvalue weighted by Crippen LogP contribution is 2.21. The third kappa shape index (κ3) is 5.98. The number of nitrogens with one attached hydrogen (secondary N) is 2. The van der Waals surface area contributed by atoms with Crippen LogP contribution >= 0.6 is 0 Å². The summed E-state index contributed by atoms with van der Waals surface area (Å²) < 4.78 is 16.2. The van der Waals surface area contributed by atoms with E-state index >= 15 is 0 Å². The molecule has 0 radical (unpaired) electrons. The fraction of sp³-hybridized carbons (Fsp3) is 0.231. The highest BCUT2D eigenvalue weighted by Gasteiger charge is 2.10. The molecular weight excluding hydrogens is 436 g/mol. The summed E-state index contributed by atoms with van der Waals surface area (Å²) in [4.78, 5) is 25.8. The van der Waals surface area contributed by atoms with Gasteiger partial charge in [0.1, 0.15) is 11.5 Å². The minimum atomic E-state index is -0.648. The van der Waals surface area contributed by atoms with Crippen molar-refractivity contribution in [2.75, 3.05) is 6.61 Å². The van der Waals surface area contributed by atoms with Crippen molar-refractivity contribution in [1.82, 2.24) is 10.3 Å². The fourth-order valence-corrected chi connectivity index (χ4v) is 3.57. The van der Waals surface area contributed by atoms with Crippen molar-refractivity contribution >= 4 is 5.91 Å². The number of unbranched alkanes of at least 4 members (excludes halogenated alkanes) is 2. The van der Waals surface area contributed by atoms with Crippen molar-refractivity contribution in [3.8, 4) is 23.0 Å². The third-order valence-electron chi connectivity index (χ3n) is 5.37. The van der Waals surface area contributed by atoms with Crippen molar-refractivity contribution in [3.63, 3.8) is 0 Å². The molecule has 176 valence electrons. The van der Waals surface area contributed by atoms with Crippen LogP contribution in [0.3, 0.4) is 0 Å². The number of furan rings is 1. The van der Waals surface area contributed by atoms with Crippen LogP contribution in [0.4, 0.5) is 0 Å². The first-order chi connectivity index (χ1) is 16.6. The van der Waals surface area contributed by atoms with Gasteiger partial charge in [-0.15, -0.1) is 0 Å². The van der Waals surface area contributed by atoms with Gasteiger partial charge >= 0.3 is 5.76 Å². The topological polar surface area (TPSA) is 118 Å². The maximum absolute atomic E-state index is 12.6. The van der Waals surface area contributed by atoms with E-state index in [1.54, 1.807) is 18.4 Å². The van der Waals surface area contributed by atoms with Gasteiger partial charge in [-0.1, -0.05) is 30.3 Å². The van der Waals surface area contributed by atoms with Crippen LogP contribution in [-0.2, 0) is 13.0 Å². The number of carbonyl (C=O) groups is 1. The number of rotatable bonds is 11. The molecule has 0 bridgehead atoms. The highest BCUT2D eigenvalue weighted by atomic mass is 16.5. The molecular formula is C26H26N2O6. The van der Waals surface area contributed by atoms with E-state index in [1.165, 1.54) is 0 Å². The normalized spacial score (nSPS) is 10.8. The van der Waals surface area contributed by atoms with Gasteiger partial charge in [-0.05, 0) is 49.6 Å². The molecule has 0 aliphatic heterocycles. The Hall–Kier alpha value is -4.20. The monoisotopic (exact) mass is 462 g/mol. The number of amides is 1. The van der Waals surface area contributed by atoms with E-state index in [1.807, 2.05) is 48.5 Å². The van der Waals surface area contributed by atoms with Crippen LogP contribution in [0.25, 0.3) is 11.3 Å². The quantitative estimate of drug-likeness (QED) is 0.279. The van der Waals surface area contributed by atoms with Crippen LogP contribution < -0.4 is 15.8 Å². The molecule has 0 atom stereocenters. The molecule has 34 heavy (non-hydrogen) atoms. The summed E-state index contributed by atoms with van der Waals surface area (Å²) in [5, 5.41) is 12.5. The van der Waals surface area contributed by atoms with Gasteiger partial charge in [0.15, 0.2) is 5.76 Å². The number of hydrogen-bond donors (Lipinski definition) is 3. The average molecular weight is 463 g/mol. The second-order valence-electron chi connectivity index (χ2n) is 7.79. The van der Waals surface area contributed by atoms with Gasteiger partial charge < -0.3 is 24.0 Å². The lowest BCUT2D eigenvalue weighted by molar-refractivity contribution is 0.0950. The lowest BCUT2D eigenvalue weighted by Gasteiger charge is -2.12. The number of aromatic amines is 1. The molecule has 0 spiro atoms. The van der Waals surface area contributed by atoms with E-state index < -0.39 is 5.76 Å². The number of para-hydroxylation sites is 1. The molecule has 4 rings (SSSR count). The van der Waals surface area contributed by atoms with E-state index in [0.717, 1.165) is 41.9 Å². The number of aromatic hydroxyl groups is 1. The predicted molar refractivity (Wildman–Crippen MR) is 126 cm³/mol. The van der Waals surface area contributed by atoms with Crippen LogP contribution in [0.2, 0.25) is 0 Å². The molecule has 1 amide bonds. The zero-order valence-corrected chi connectivity index (χ0v) is 18.6. The molecule has 8 nitrogen and oxygen atoms in total. The molecule has 0 aliphatic rings. The van der Waals surface area contributed by atoms with Crippen LogP contribution in [-0.4, -0.2) is 22.6 Å². The van der Waals surface area contributed by atoms with Crippen LogP contribution in [0, 0.1) is 0 Å². The number of ether oxygens (including phenoxy) is 1. The smallest absolute Gasteiger partial charge is 0.419 e. The van der Waals surface area contributed by atoms with Gasteiger partial charge in [-0.2, -0.15) is 0 Å². The Bertz CT molecular complexity index is 1260. The van der Waals surface area contributed by atoms with Crippen LogP contribution in [0.1, 0.15) is 40.9 Å². The van der Waals surface area contributed by atoms with E-state index in [2.05, 4.69) is 10.3 Å². The van der Waals surface area contributed by atoms with E-state index in [0.29, 0.717) is 25.1 Å². The standard InChI is InChI=1S/C26H26N2O6/c29-24(19-13-11-18(12-14-19)21-10-6-16-33-21)27-17-20-7-3-4-8-22(20)32-15-5-1-2-9-23-25(30)28-26(31)34-23/h3-4,6-8,10-14,16,30H,1-2,5,9,15,17H2,(H,27,29)(H,28,31). The van der Waals surface area contributed by atoms with Crippen molar-refractivity contribution in [1.29, 1.82) is 0 Å². The van der Waals surface area contributed by atoms with Crippen molar-refractivity contribution in [2.24, 2.45) is 0 Å². The molecule has 4 aromatic rings. The number of oxazole rings is 1. The van der Waals surface area contributed by atoms with Crippen molar-refractivity contribution in [2.45, 2.75) is 32.2 Å². The molecule has 0 fully saturated rings. The number of aromatic nitrogens is 1. The lowest BCUT2D eigenvalue weighted by atomic mass is 10.1. The van der Waals surface area contributed by atoms with Gasteiger partial charge in [0.25, 0.3) is 5.91 Å². The van der Waals surface area contributed by atoms with Gasteiger partial charge in [-0.3, -0.25) is 9.78 Å². The summed E-state index contributed by atoms with van der Waals surface area (Å²) in [6.07, 6.45) is 4.51. The number of carbonyl (C=O) groups excluding carboxylic acids is 1. The molecule has 0 unspecified atom stereocenters. The maximum Gasteiger partial charge on any atom is 0.419 e. The Labute approximate surface area is 196 Å².